The van der Waals surface area contributed by atoms with Gasteiger partial charge in [0.2, 0.25) is 0 Å². The van der Waals surface area contributed by atoms with Gasteiger partial charge in [0.05, 0.1) is 5.69 Å². The standard InChI is InChI=1S/C11H15FN2/c1-11(2)7(6-13)9(11)10-8(12)4-3-5-14-10/h3-5,7,9H,6,13H2,1-2H3/t7-,9+/m0/s1. The normalized spacial score (nSPS) is 28.9. The molecule has 0 saturated heterocycles. The number of aromatic nitrogens is 1. The largest absolute Gasteiger partial charge is 0.330 e. The van der Waals surface area contributed by atoms with Gasteiger partial charge in [-0.2, -0.15) is 0 Å². The summed E-state index contributed by atoms with van der Waals surface area (Å²) >= 11 is 0. The van der Waals surface area contributed by atoms with Crippen LogP contribution >= 0.6 is 0 Å². The third-order valence-corrected chi connectivity index (χ3v) is 3.39. The van der Waals surface area contributed by atoms with Crippen molar-refractivity contribution in [3.05, 3.63) is 29.8 Å². The van der Waals surface area contributed by atoms with E-state index in [0.717, 1.165) is 0 Å². The Morgan fingerprint density at radius 3 is 2.79 bits per heavy atom. The van der Waals surface area contributed by atoms with Crippen molar-refractivity contribution in [3.8, 4) is 0 Å². The lowest BCUT2D eigenvalue weighted by Gasteiger charge is -2.02. The monoisotopic (exact) mass is 194 g/mol. The van der Waals surface area contributed by atoms with Gasteiger partial charge in [-0.1, -0.05) is 13.8 Å². The number of nitrogens with two attached hydrogens (primary N) is 1. The molecule has 2 atom stereocenters. The summed E-state index contributed by atoms with van der Waals surface area (Å²) in [4.78, 5) is 4.10. The van der Waals surface area contributed by atoms with E-state index in [1.54, 1.807) is 12.3 Å². The van der Waals surface area contributed by atoms with Gasteiger partial charge < -0.3 is 5.73 Å². The van der Waals surface area contributed by atoms with Gasteiger partial charge in [0, 0.05) is 12.1 Å². The molecule has 14 heavy (non-hydrogen) atoms. The SMILES string of the molecule is CC1(C)[C@@H](CN)[C@@H]1c1ncccc1F. The van der Waals surface area contributed by atoms with Crippen LogP contribution in [0.3, 0.4) is 0 Å². The van der Waals surface area contributed by atoms with E-state index < -0.39 is 0 Å². The van der Waals surface area contributed by atoms with Gasteiger partial charge in [-0.3, -0.25) is 4.98 Å². The fraction of sp³-hybridized carbons (Fsp3) is 0.545. The van der Waals surface area contributed by atoms with E-state index in [1.807, 2.05) is 0 Å². The predicted molar refractivity (Wildman–Crippen MR) is 53.3 cm³/mol. The summed E-state index contributed by atoms with van der Waals surface area (Å²) < 4.78 is 13.4. The van der Waals surface area contributed by atoms with E-state index >= 15 is 0 Å². The maximum absolute atomic E-state index is 13.4. The Kier molecular flexibility index (Phi) is 2.07. The summed E-state index contributed by atoms with van der Waals surface area (Å²) in [5.41, 5.74) is 6.31. The second kappa shape index (κ2) is 3.02. The van der Waals surface area contributed by atoms with Crippen molar-refractivity contribution in [2.45, 2.75) is 19.8 Å². The molecule has 2 N–H and O–H groups in total. The number of hydrogen-bond acceptors (Lipinski definition) is 2. The van der Waals surface area contributed by atoms with E-state index in [1.165, 1.54) is 6.07 Å². The Morgan fingerprint density at radius 1 is 1.57 bits per heavy atom. The number of rotatable bonds is 2. The van der Waals surface area contributed by atoms with Crippen molar-refractivity contribution >= 4 is 0 Å². The van der Waals surface area contributed by atoms with E-state index in [9.17, 15) is 4.39 Å². The Bertz CT molecular complexity index is 349. The van der Waals surface area contributed by atoms with E-state index in [2.05, 4.69) is 18.8 Å². The number of pyridine rings is 1. The molecule has 0 unspecified atom stereocenters. The first-order chi connectivity index (χ1) is 6.59. The predicted octanol–water partition coefficient (Wildman–Crippen LogP) is 1.92. The zero-order valence-corrected chi connectivity index (χ0v) is 8.50. The molecule has 0 bridgehead atoms. The summed E-state index contributed by atoms with van der Waals surface area (Å²) in [6.45, 7) is 4.83. The highest BCUT2D eigenvalue weighted by atomic mass is 19.1. The first-order valence-electron chi connectivity index (χ1n) is 4.89. The molecule has 0 amide bonds. The molecule has 1 aromatic heterocycles. The van der Waals surface area contributed by atoms with E-state index in [-0.39, 0.29) is 17.2 Å². The Morgan fingerprint density at radius 2 is 2.29 bits per heavy atom. The molecule has 2 rings (SSSR count). The van der Waals surface area contributed by atoms with Crippen LogP contribution in [0.15, 0.2) is 18.3 Å². The zero-order chi connectivity index (χ0) is 10.3. The van der Waals surface area contributed by atoms with Gasteiger partial charge in [0.1, 0.15) is 5.82 Å². The van der Waals surface area contributed by atoms with Crippen molar-refractivity contribution in [1.29, 1.82) is 0 Å². The molecule has 2 nitrogen and oxygen atoms in total. The van der Waals surface area contributed by atoms with Gasteiger partial charge in [-0.05, 0) is 30.0 Å². The Labute approximate surface area is 83.3 Å². The number of nitrogens with zero attached hydrogens (tertiary/aromatic N) is 1. The number of hydrogen-bond donors (Lipinski definition) is 1. The molecular weight excluding hydrogens is 179 g/mol. The molecular formula is C11H15FN2. The van der Waals surface area contributed by atoms with Crippen molar-refractivity contribution in [2.75, 3.05) is 6.54 Å². The molecule has 1 aliphatic rings. The van der Waals surface area contributed by atoms with E-state index in [0.29, 0.717) is 18.2 Å². The van der Waals surface area contributed by atoms with Crippen LogP contribution in [0.2, 0.25) is 0 Å². The molecule has 0 spiro atoms. The van der Waals surface area contributed by atoms with Crippen molar-refractivity contribution in [3.63, 3.8) is 0 Å². The molecule has 76 valence electrons. The zero-order valence-electron chi connectivity index (χ0n) is 8.50. The van der Waals surface area contributed by atoms with Crippen LogP contribution in [0.5, 0.6) is 0 Å². The molecule has 1 aliphatic carbocycles. The summed E-state index contributed by atoms with van der Waals surface area (Å²) in [5.74, 6) is 0.349. The fourth-order valence-electron chi connectivity index (χ4n) is 2.35. The second-order valence-electron chi connectivity index (χ2n) is 4.51. The summed E-state index contributed by atoms with van der Waals surface area (Å²) in [5, 5.41) is 0. The average molecular weight is 194 g/mol. The Balaban J connectivity index is 2.31. The molecule has 1 aromatic rings. The van der Waals surface area contributed by atoms with Crippen LogP contribution in [0.4, 0.5) is 4.39 Å². The van der Waals surface area contributed by atoms with Gasteiger partial charge in [-0.15, -0.1) is 0 Å². The van der Waals surface area contributed by atoms with Crippen LogP contribution < -0.4 is 5.73 Å². The topological polar surface area (TPSA) is 38.9 Å². The van der Waals surface area contributed by atoms with Gasteiger partial charge in [-0.25, -0.2) is 4.39 Å². The molecule has 1 heterocycles. The van der Waals surface area contributed by atoms with Crippen molar-refractivity contribution in [2.24, 2.45) is 17.1 Å². The lowest BCUT2D eigenvalue weighted by molar-refractivity contribution is 0.546. The lowest BCUT2D eigenvalue weighted by atomic mass is 10.1. The van der Waals surface area contributed by atoms with Gasteiger partial charge >= 0.3 is 0 Å². The van der Waals surface area contributed by atoms with Crippen LogP contribution in [-0.4, -0.2) is 11.5 Å². The summed E-state index contributed by atoms with van der Waals surface area (Å²) in [6, 6.07) is 3.08. The first-order valence-corrected chi connectivity index (χ1v) is 4.89. The van der Waals surface area contributed by atoms with Crippen molar-refractivity contribution in [1.82, 2.24) is 4.98 Å². The summed E-state index contributed by atoms with van der Waals surface area (Å²) in [7, 11) is 0. The van der Waals surface area contributed by atoms with Crippen LogP contribution in [-0.2, 0) is 0 Å². The highest BCUT2D eigenvalue weighted by molar-refractivity contribution is 5.27. The maximum Gasteiger partial charge on any atom is 0.145 e. The molecule has 0 radical (unpaired) electrons. The quantitative estimate of drug-likeness (QED) is 0.781. The molecule has 0 aromatic carbocycles. The van der Waals surface area contributed by atoms with Crippen LogP contribution in [0, 0.1) is 17.2 Å². The fourth-order valence-corrected chi connectivity index (χ4v) is 2.35. The third kappa shape index (κ3) is 1.23. The third-order valence-electron chi connectivity index (χ3n) is 3.39. The molecule has 3 heteroatoms. The Hall–Kier alpha value is -0.960. The van der Waals surface area contributed by atoms with Crippen molar-refractivity contribution < 1.29 is 4.39 Å². The molecule has 1 saturated carbocycles. The minimum Gasteiger partial charge on any atom is -0.330 e. The summed E-state index contributed by atoms with van der Waals surface area (Å²) in [6.07, 6.45) is 1.64. The molecule has 0 aliphatic heterocycles. The number of halogens is 1. The minimum absolute atomic E-state index is 0.101. The average Bonchev–Trinajstić information content (AvgIpc) is 2.69. The van der Waals surface area contributed by atoms with Gasteiger partial charge in [0.15, 0.2) is 0 Å². The highest BCUT2D eigenvalue weighted by Crippen LogP contribution is 2.63. The van der Waals surface area contributed by atoms with E-state index in [4.69, 9.17) is 5.73 Å². The first kappa shape index (κ1) is 9.59. The molecule has 1 fully saturated rings. The smallest absolute Gasteiger partial charge is 0.145 e. The highest BCUT2D eigenvalue weighted by Gasteiger charge is 2.58. The minimum atomic E-state index is -0.207. The second-order valence-corrected chi connectivity index (χ2v) is 4.51. The lowest BCUT2D eigenvalue weighted by Crippen LogP contribution is -2.05. The van der Waals surface area contributed by atoms with Gasteiger partial charge in [0.25, 0.3) is 0 Å². The maximum atomic E-state index is 13.4. The van der Waals surface area contributed by atoms with Crippen LogP contribution in [0.1, 0.15) is 25.5 Å². The van der Waals surface area contributed by atoms with Crippen LogP contribution in [0.25, 0.3) is 0 Å².